The summed E-state index contributed by atoms with van der Waals surface area (Å²) >= 11 is 0. The van der Waals surface area contributed by atoms with E-state index in [1.165, 1.54) is 0 Å². The van der Waals surface area contributed by atoms with Gasteiger partial charge in [0.05, 0.1) is 5.69 Å². The van der Waals surface area contributed by atoms with Crippen molar-refractivity contribution in [2.24, 2.45) is 0 Å². The summed E-state index contributed by atoms with van der Waals surface area (Å²) in [6, 6.07) is 1.60. The van der Waals surface area contributed by atoms with Crippen molar-refractivity contribution >= 4 is 5.91 Å². The lowest BCUT2D eigenvalue weighted by Gasteiger charge is -2.22. The Labute approximate surface area is 131 Å². The Morgan fingerprint density at radius 1 is 1.36 bits per heavy atom. The number of nitrogens with zero attached hydrogens (tertiary/aromatic N) is 5. The molecule has 2 aromatic heterocycles. The summed E-state index contributed by atoms with van der Waals surface area (Å²) in [4.78, 5) is 14.4. The number of rotatable bonds is 5. The summed E-state index contributed by atoms with van der Waals surface area (Å²) < 4.78 is 3.73. The molecule has 6 heteroatoms. The van der Waals surface area contributed by atoms with E-state index in [9.17, 15) is 4.79 Å². The van der Waals surface area contributed by atoms with Gasteiger partial charge in [0.2, 0.25) is 5.91 Å². The van der Waals surface area contributed by atoms with Crippen molar-refractivity contribution in [1.29, 1.82) is 0 Å². The lowest BCUT2D eigenvalue weighted by molar-refractivity contribution is -0.133. The van der Waals surface area contributed by atoms with Crippen molar-refractivity contribution in [2.75, 3.05) is 7.05 Å². The minimum Gasteiger partial charge on any atom is -0.339 e. The van der Waals surface area contributed by atoms with Gasteiger partial charge in [-0.2, -0.15) is 10.2 Å². The second-order valence-electron chi connectivity index (χ2n) is 5.75. The van der Waals surface area contributed by atoms with Crippen LogP contribution in [-0.2, 0) is 17.9 Å². The predicted molar refractivity (Wildman–Crippen MR) is 85.5 cm³/mol. The van der Waals surface area contributed by atoms with Crippen molar-refractivity contribution in [3.8, 4) is 0 Å². The van der Waals surface area contributed by atoms with Gasteiger partial charge in [0.15, 0.2) is 0 Å². The molecule has 0 aliphatic rings. The Morgan fingerprint density at radius 2 is 2.05 bits per heavy atom. The highest BCUT2D eigenvalue weighted by Gasteiger charge is 2.22. The third-order valence-corrected chi connectivity index (χ3v) is 4.19. The van der Waals surface area contributed by atoms with E-state index in [0.29, 0.717) is 6.54 Å². The van der Waals surface area contributed by atoms with Crippen molar-refractivity contribution in [1.82, 2.24) is 24.5 Å². The summed E-state index contributed by atoms with van der Waals surface area (Å²) in [6.07, 6.45) is 1.72. The van der Waals surface area contributed by atoms with Crippen LogP contribution in [0.3, 0.4) is 0 Å². The van der Waals surface area contributed by atoms with Gasteiger partial charge in [0.25, 0.3) is 0 Å². The summed E-state index contributed by atoms with van der Waals surface area (Å²) in [5, 5.41) is 8.74. The Hall–Kier alpha value is -2.11. The Balaban J connectivity index is 2.15. The maximum Gasteiger partial charge on any atom is 0.247 e. The number of aromatic nitrogens is 4. The van der Waals surface area contributed by atoms with Crippen molar-refractivity contribution in [2.45, 2.75) is 53.8 Å². The van der Waals surface area contributed by atoms with Gasteiger partial charge < -0.3 is 4.90 Å². The molecular formula is C16H25N5O. The monoisotopic (exact) mass is 303 g/mol. The van der Waals surface area contributed by atoms with Crippen LogP contribution >= 0.6 is 0 Å². The van der Waals surface area contributed by atoms with E-state index in [-0.39, 0.29) is 11.9 Å². The smallest absolute Gasteiger partial charge is 0.247 e. The van der Waals surface area contributed by atoms with Crippen LogP contribution in [-0.4, -0.2) is 37.4 Å². The van der Waals surface area contributed by atoms with Crippen molar-refractivity contribution in [3.63, 3.8) is 0 Å². The summed E-state index contributed by atoms with van der Waals surface area (Å²) in [5.41, 5.74) is 4.23. The fraction of sp³-hybridized carbons (Fsp3) is 0.562. The first-order valence-electron chi connectivity index (χ1n) is 7.64. The van der Waals surface area contributed by atoms with Gasteiger partial charge in [-0.15, -0.1) is 0 Å². The molecule has 0 bridgehead atoms. The molecule has 0 fully saturated rings. The first-order valence-corrected chi connectivity index (χ1v) is 7.64. The van der Waals surface area contributed by atoms with Crippen molar-refractivity contribution < 1.29 is 4.79 Å². The van der Waals surface area contributed by atoms with Crippen molar-refractivity contribution in [3.05, 3.63) is 34.9 Å². The molecule has 120 valence electrons. The van der Waals surface area contributed by atoms with E-state index in [4.69, 9.17) is 0 Å². The summed E-state index contributed by atoms with van der Waals surface area (Å²) in [6.45, 7) is 11.4. The average molecular weight is 303 g/mol. The third-order valence-electron chi connectivity index (χ3n) is 4.19. The van der Waals surface area contributed by atoms with Gasteiger partial charge in [0.1, 0.15) is 6.04 Å². The molecule has 1 amide bonds. The third kappa shape index (κ3) is 2.91. The number of amides is 1. The maximum atomic E-state index is 12.6. The van der Waals surface area contributed by atoms with Crippen LogP contribution in [0.4, 0.5) is 0 Å². The van der Waals surface area contributed by atoms with Crippen LogP contribution in [0.1, 0.15) is 42.5 Å². The van der Waals surface area contributed by atoms with Crippen LogP contribution in [0, 0.1) is 20.8 Å². The Morgan fingerprint density at radius 3 is 2.55 bits per heavy atom. The van der Waals surface area contributed by atoms with Crippen LogP contribution in [0.15, 0.2) is 12.3 Å². The number of hydrogen-bond donors (Lipinski definition) is 0. The number of aryl methyl sites for hydroxylation is 3. The molecule has 0 aliphatic carbocycles. The molecular weight excluding hydrogens is 278 g/mol. The highest BCUT2D eigenvalue weighted by atomic mass is 16.2. The van der Waals surface area contributed by atoms with Crippen LogP contribution in [0.5, 0.6) is 0 Å². The standard InChI is InChI=1S/C16H25N5O/c1-7-20-13(4)15(12(3)18-20)10-19(6)16(22)14(5)21-11(2)8-9-17-21/h8-9,14H,7,10H2,1-6H3. The summed E-state index contributed by atoms with van der Waals surface area (Å²) in [5.74, 6) is 0.0508. The molecule has 1 atom stereocenters. The number of carbonyl (C=O) groups is 1. The van der Waals surface area contributed by atoms with Crippen LogP contribution in [0.25, 0.3) is 0 Å². The normalized spacial score (nSPS) is 12.5. The van der Waals surface area contributed by atoms with Crippen LogP contribution < -0.4 is 0 Å². The van der Waals surface area contributed by atoms with E-state index >= 15 is 0 Å². The van der Waals surface area contributed by atoms with Crippen LogP contribution in [0.2, 0.25) is 0 Å². The predicted octanol–water partition coefficient (Wildman–Crippen LogP) is 2.24. The molecule has 6 nitrogen and oxygen atoms in total. The first-order chi connectivity index (χ1) is 10.4. The molecule has 0 saturated heterocycles. The minimum atomic E-state index is -0.304. The number of hydrogen-bond acceptors (Lipinski definition) is 3. The zero-order chi connectivity index (χ0) is 16.4. The lowest BCUT2D eigenvalue weighted by Crippen LogP contribution is -2.33. The Bertz CT molecular complexity index is 670. The molecule has 0 saturated carbocycles. The number of likely N-dealkylation sites (N-methyl/N-ethyl adjacent to an activating group) is 1. The average Bonchev–Trinajstić information content (AvgIpc) is 3.03. The molecule has 22 heavy (non-hydrogen) atoms. The molecule has 1 unspecified atom stereocenters. The van der Waals surface area contributed by atoms with E-state index in [1.54, 1.807) is 15.8 Å². The summed E-state index contributed by atoms with van der Waals surface area (Å²) in [7, 11) is 1.83. The van der Waals surface area contributed by atoms with Gasteiger partial charge in [-0.25, -0.2) is 0 Å². The Kier molecular flexibility index (Phi) is 4.68. The largest absolute Gasteiger partial charge is 0.339 e. The zero-order valence-electron chi connectivity index (χ0n) is 14.3. The van der Waals surface area contributed by atoms with Gasteiger partial charge in [-0.1, -0.05) is 0 Å². The molecule has 2 aromatic rings. The fourth-order valence-electron chi connectivity index (χ4n) is 2.80. The van der Waals surface area contributed by atoms with Gasteiger partial charge >= 0.3 is 0 Å². The van der Waals surface area contributed by atoms with Gasteiger partial charge in [0, 0.05) is 43.3 Å². The first kappa shape index (κ1) is 16.3. The molecule has 2 rings (SSSR count). The SMILES string of the molecule is CCn1nc(C)c(CN(C)C(=O)C(C)n2nccc2C)c1C. The van der Waals surface area contributed by atoms with Gasteiger partial charge in [-0.3, -0.25) is 14.2 Å². The molecule has 2 heterocycles. The van der Waals surface area contributed by atoms with E-state index in [1.807, 2.05) is 38.6 Å². The van der Waals surface area contributed by atoms with E-state index in [2.05, 4.69) is 24.0 Å². The number of carbonyl (C=O) groups excluding carboxylic acids is 1. The maximum absolute atomic E-state index is 12.6. The fourth-order valence-corrected chi connectivity index (χ4v) is 2.80. The van der Waals surface area contributed by atoms with E-state index in [0.717, 1.165) is 29.2 Å². The second-order valence-corrected chi connectivity index (χ2v) is 5.75. The molecule has 0 spiro atoms. The highest BCUT2D eigenvalue weighted by molar-refractivity contribution is 5.79. The molecule has 0 N–H and O–H groups in total. The minimum absolute atomic E-state index is 0.0508. The second kappa shape index (κ2) is 6.34. The molecule has 0 radical (unpaired) electrons. The zero-order valence-corrected chi connectivity index (χ0v) is 14.3. The topological polar surface area (TPSA) is 56.0 Å². The molecule has 0 aliphatic heterocycles. The lowest BCUT2D eigenvalue weighted by atomic mass is 10.1. The molecule has 0 aromatic carbocycles. The highest BCUT2D eigenvalue weighted by Crippen LogP contribution is 2.18. The van der Waals surface area contributed by atoms with E-state index < -0.39 is 0 Å². The quantitative estimate of drug-likeness (QED) is 0.851. The van der Waals surface area contributed by atoms with Gasteiger partial charge in [-0.05, 0) is 40.7 Å².